The van der Waals surface area contributed by atoms with Crippen LogP contribution in [0.2, 0.25) is 0 Å². The molecule has 1 saturated heterocycles. The zero-order valence-corrected chi connectivity index (χ0v) is 15.4. The van der Waals surface area contributed by atoms with Crippen LogP contribution >= 0.6 is 0 Å². The molecule has 1 aliphatic heterocycles. The van der Waals surface area contributed by atoms with Crippen molar-refractivity contribution >= 4 is 21.9 Å². The molecule has 0 unspecified atom stereocenters. The van der Waals surface area contributed by atoms with Gasteiger partial charge in [-0.3, -0.25) is 4.79 Å². The number of aromatic amines is 1. The highest BCUT2D eigenvalue weighted by Gasteiger charge is 2.28. The highest BCUT2D eigenvalue weighted by atomic mass is 32.2. The summed E-state index contributed by atoms with van der Waals surface area (Å²) in [6.45, 7) is 5.20. The SMILES string of the molecule is CC(C)CCNC(=O)COC(=O)c1cc(S(=O)(=O)N2CCCC2)c[nH]1. The normalized spacial score (nSPS) is 15.5. The van der Waals surface area contributed by atoms with Crippen molar-refractivity contribution in [1.82, 2.24) is 14.6 Å². The molecule has 25 heavy (non-hydrogen) atoms. The lowest BCUT2D eigenvalue weighted by molar-refractivity contribution is -0.124. The number of H-pyrrole nitrogens is 1. The summed E-state index contributed by atoms with van der Waals surface area (Å²) in [7, 11) is -3.59. The number of carbonyl (C=O) groups excluding carboxylic acids is 2. The maximum Gasteiger partial charge on any atom is 0.355 e. The quantitative estimate of drug-likeness (QED) is 0.666. The Kier molecular flexibility index (Phi) is 6.60. The standard InChI is InChI=1S/C16H25N3O5S/c1-12(2)5-6-17-15(20)11-24-16(21)14-9-13(10-18-14)25(22,23)19-7-3-4-8-19/h9-10,12,18H,3-8,11H2,1-2H3,(H,17,20). The largest absolute Gasteiger partial charge is 0.451 e. The van der Waals surface area contributed by atoms with Crippen molar-refractivity contribution in [2.24, 2.45) is 5.92 Å². The number of aromatic nitrogens is 1. The molecule has 2 N–H and O–H groups in total. The van der Waals surface area contributed by atoms with E-state index in [9.17, 15) is 18.0 Å². The lowest BCUT2D eigenvalue weighted by Gasteiger charge is -2.13. The van der Waals surface area contributed by atoms with Crippen LogP contribution in [0.1, 0.15) is 43.6 Å². The Bertz CT molecular complexity index is 705. The second-order valence-electron chi connectivity index (χ2n) is 6.47. The smallest absolute Gasteiger partial charge is 0.355 e. The Morgan fingerprint density at radius 2 is 2.00 bits per heavy atom. The average molecular weight is 371 g/mol. The molecular formula is C16H25N3O5S. The molecule has 9 heteroatoms. The monoisotopic (exact) mass is 371 g/mol. The van der Waals surface area contributed by atoms with E-state index in [2.05, 4.69) is 10.3 Å². The second kappa shape index (κ2) is 8.48. The van der Waals surface area contributed by atoms with Gasteiger partial charge in [-0.25, -0.2) is 13.2 Å². The maximum atomic E-state index is 12.4. The first-order valence-corrected chi connectivity index (χ1v) is 9.87. The fraction of sp³-hybridized carbons (Fsp3) is 0.625. The summed E-state index contributed by atoms with van der Waals surface area (Å²) < 4.78 is 31.1. The van der Waals surface area contributed by atoms with E-state index < -0.39 is 22.6 Å². The minimum absolute atomic E-state index is 0.00718. The van der Waals surface area contributed by atoms with Crippen molar-refractivity contribution in [2.75, 3.05) is 26.2 Å². The number of amides is 1. The molecule has 0 bridgehead atoms. The first-order valence-electron chi connectivity index (χ1n) is 8.43. The number of carbonyl (C=O) groups is 2. The molecule has 0 aromatic carbocycles. The Morgan fingerprint density at radius 1 is 1.32 bits per heavy atom. The summed E-state index contributed by atoms with van der Waals surface area (Å²) in [6, 6.07) is 1.24. The number of hydrogen-bond acceptors (Lipinski definition) is 5. The summed E-state index contributed by atoms with van der Waals surface area (Å²) in [5.41, 5.74) is 0.00718. The van der Waals surface area contributed by atoms with E-state index in [4.69, 9.17) is 4.74 Å². The highest BCUT2D eigenvalue weighted by molar-refractivity contribution is 7.89. The molecule has 1 aliphatic rings. The third kappa shape index (κ3) is 5.30. The summed E-state index contributed by atoms with van der Waals surface area (Å²) in [5, 5.41) is 2.66. The van der Waals surface area contributed by atoms with Gasteiger partial charge >= 0.3 is 5.97 Å². The van der Waals surface area contributed by atoms with Gasteiger partial charge in [0.25, 0.3) is 5.91 Å². The van der Waals surface area contributed by atoms with Crippen LogP contribution in [0.5, 0.6) is 0 Å². The summed E-state index contributed by atoms with van der Waals surface area (Å²) in [6.07, 6.45) is 3.79. The van der Waals surface area contributed by atoms with Crippen LogP contribution in [0.25, 0.3) is 0 Å². The van der Waals surface area contributed by atoms with Crippen molar-refractivity contribution < 1.29 is 22.7 Å². The molecule has 0 atom stereocenters. The fourth-order valence-corrected chi connectivity index (χ4v) is 3.99. The van der Waals surface area contributed by atoms with Gasteiger partial charge in [0.05, 0.1) is 0 Å². The van der Waals surface area contributed by atoms with E-state index in [1.807, 2.05) is 13.8 Å². The first-order chi connectivity index (χ1) is 11.8. The number of nitrogens with zero attached hydrogens (tertiary/aromatic N) is 1. The third-order valence-corrected chi connectivity index (χ3v) is 5.83. The van der Waals surface area contributed by atoms with E-state index >= 15 is 0 Å². The van der Waals surface area contributed by atoms with Crippen LogP contribution in [0.15, 0.2) is 17.2 Å². The van der Waals surface area contributed by atoms with E-state index in [1.165, 1.54) is 16.6 Å². The van der Waals surface area contributed by atoms with Crippen LogP contribution < -0.4 is 5.32 Å². The van der Waals surface area contributed by atoms with E-state index in [0.717, 1.165) is 19.3 Å². The Labute approximate surface area is 148 Å². The van der Waals surface area contributed by atoms with Gasteiger partial charge in [0.2, 0.25) is 10.0 Å². The third-order valence-electron chi connectivity index (χ3n) is 3.96. The average Bonchev–Trinajstić information content (AvgIpc) is 3.23. The van der Waals surface area contributed by atoms with Crippen LogP contribution in [0.4, 0.5) is 0 Å². The molecule has 2 rings (SSSR count). The Hall–Kier alpha value is -1.87. The first kappa shape index (κ1) is 19.5. The number of hydrogen-bond donors (Lipinski definition) is 2. The van der Waals surface area contributed by atoms with Crippen LogP contribution in [-0.4, -0.2) is 55.8 Å². The second-order valence-corrected chi connectivity index (χ2v) is 8.41. The minimum atomic E-state index is -3.59. The number of sulfonamides is 1. The van der Waals surface area contributed by atoms with Crippen LogP contribution in [0, 0.1) is 5.92 Å². The molecule has 1 aromatic heterocycles. The molecule has 0 spiro atoms. The molecular weight excluding hydrogens is 346 g/mol. The predicted molar refractivity (Wildman–Crippen MR) is 91.5 cm³/mol. The minimum Gasteiger partial charge on any atom is -0.451 e. The zero-order chi connectivity index (χ0) is 18.4. The molecule has 2 heterocycles. The van der Waals surface area contributed by atoms with Gasteiger partial charge in [-0.2, -0.15) is 4.31 Å². The van der Waals surface area contributed by atoms with E-state index in [1.54, 1.807) is 0 Å². The van der Waals surface area contributed by atoms with Gasteiger partial charge < -0.3 is 15.0 Å². The van der Waals surface area contributed by atoms with Crippen molar-refractivity contribution in [3.8, 4) is 0 Å². The number of esters is 1. The van der Waals surface area contributed by atoms with Gasteiger partial charge in [0.1, 0.15) is 10.6 Å². The molecule has 0 aliphatic carbocycles. The van der Waals surface area contributed by atoms with Gasteiger partial charge in [-0.1, -0.05) is 13.8 Å². The molecule has 0 saturated carbocycles. The van der Waals surface area contributed by atoms with Crippen molar-refractivity contribution in [1.29, 1.82) is 0 Å². The van der Waals surface area contributed by atoms with E-state index in [0.29, 0.717) is 25.6 Å². The lowest BCUT2D eigenvalue weighted by atomic mass is 10.1. The number of nitrogens with one attached hydrogen (secondary N) is 2. The lowest BCUT2D eigenvalue weighted by Crippen LogP contribution is -2.30. The topological polar surface area (TPSA) is 109 Å². The highest BCUT2D eigenvalue weighted by Crippen LogP contribution is 2.21. The molecule has 1 fully saturated rings. The van der Waals surface area contributed by atoms with Gasteiger partial charge in [-0.05, 0) is 31.2 Å². The molecule has 140 valence electrons. The van der Waals surface area contributed by atoms with Crippen LogP contribution in [-0.2, 0) is 19.6 Å². The van der Waals surface area contributed by atoms with Crippen molar-refractivity contribution in [2.45, 2.75) is 38.0 Å². The summed E-state index contributed by atoms with van der Waals surface area (Å²) >= 11 is 0. The maximum absolute atomic E-state index is 12.4. The zero-order valence-electron chi connectivity index (χ0n) is 14.6. The van der Waals surface area contributed by atoms with Gasteiger partial charge in [0, 0.05) is 25.8 Å². The van der Waals surface area contributed by atoms with Gasteiger partial charge in [-0.15, -0.1) is 0 Å². The molecule has 1 amide bonds. The predicted octanol–water partition coefficient (Wildman–Crippen LogP) is 1.12. The molecule has 0 radical (unpaired) electrons. The Morgan fingerprint density at radius 3 is 2.64 bits per heavy atom. The Balaban J connectivity index is 1.87. The van der Waals surface area contributed by atoms with Gasteiger partial charge in [0.15, 0.2) is 6.61 Å². The fourth-order valence-electron chi connectivity index (χ4n) is 2.48. The summed E-state index contributed by atoms with van der Waals surface area (Å²) in [5.74, 6) is -0.676. The van der Waals surface area contributed by atoms with Crippen molar-refractivity contribution in [3.05, 3.63) is 18.0 Å². The molecule has 8 nitrogen and oxygen atoms in total. The summed E-state index contributed by atoms with van der Waals surface area (Å²) in [4.78, 5) is 26.2. The number of ether oxygens (including phenoxy) is 1. The van der Waals surface area contributed by atoms with E-state index in [-0.39, 0.29) is 16.5 Å². The molecule has 1 aromatic rings. The number of rotatable bonds is 8. The van der Waals surface area contributed by atoms with Crippen molar-refractivity contribution in [3.63, 3.8) is 0 Å². The van der Waals surface area contributed by atoms with Crippen LogP contribution in [0.3, 0.4) is 0 Å².